The summed E-state index contributed by atoms with van der Waals surface area (Å²) < 4.78 is 2.47. The highest BCUT2D eigenvalue weighted by atomic mass is 79.9. The topological polar surface area (TPSA) is 67.2 Å². The van der Waals surface area contributed by atoms with Crippen molar-refractivity contribution >= 4 is 21.8 Å². The van der Waals surface area contributed by atoms with E-state index in [4.69, 9.17) is 0 Å². The molecule has 0 N–H and O–H groups in total. The highest BCUT2D eigenvalue weighted by molar-refractivity contribution is 9.10. The van der Waals surface area contributed by atoms with E-state index in [1.807, 2.05) is 23.1 Å². The van der Waals surface area contributed by atoms with Gasteiger partial charge >= 0.3 is 0 Å². The molecular weight excluding hydrogens is 420 g/mol. The summed E-state index contributed by atoms with van der Waals surface area (Å²) in [5.41, 5.74) is 1.59. The van der Waals surface area contributed by atoms with Gasteiger partial charge < -0.3 is 9.80 Å². The zero-order valence-corrected chi connectivity index (χ0v) is 17.2. The van der Waals surface area contributed by atoms with Gasteiger partial charge in [-0.3, -0.25) is 4.79 Å². The zero-order valence-electron chi connectivity index (χ0n) is 15.6. The van der Waals surface area contributed by atoms with Gasteiger partial charge in [-0.15, -0.1) is 10.2 Å². The number of halogens is 1. The van der Waals surface area contributed by atoms with E-state index in [1.54, 1.807) is 29.2 Å². The highest BCUT2D eigenvalue weighted by Gasteiger charge is 2.30. The Labute approximate surface area is 172 Å². The minimum Gasteiger partial charge on any atom is -0.331 e. The maximum atomic E-state index is 13.1. The van der Waals surface area contributed by atoms with Gasteiger partial charge in [-0.25, -0.2) is 4.68 Å². The second-order valence-electron chi connectivity index (χ2n) is 6.98. The van der Waals surface area contributed by atoms with Gasteiger partial charge in [-0.1, -0.05) is 30.3 Å². The van der Waals surface area contributed by atoms with Crippen LogP contribution in [-0.2, 0) is 6.42 Å². The molecule has 0 aliphatic carbocycles. The minimum absolute atomic E-state index is 0.0743. The average Bonchev–Trinajstić information content (AvgIpc) is 3.15. The summed E-state index contributed by atoms with van der Waals surface area (Å²) in [7, 11) is 2.09. The van der Waals surface area contributed by atoms with Crippen molar-refractivity contribution in [2.75, 3.05) is 26.7 Å². The Balaban J connectivity index is 1.53. The molecule has 0 saturated carbocycles. The van der Waals surface area contributed by atoms with E-state index in [2.05, 4.69) is 55.3 Å². The standard InChI is InChI=1S/C20H21BrN6O/c1-25-9-10-26(17(14-25)11-15-5-3-2-4-6-15)20(28)18-7-8-19(24-23-18)27-13-16(21)12-22-27/h2-8,12-13,17H,9-11,14H2,1H3. The number of carbonyl (C=O) groups is 1. The number of benzene rings is 1. The Bertz CT molecular complexity index is 943. The number of hydrogen-bond acceptors (Lipinski definition) is 5. The molecule has 1 amide bonds. The van der Waals surface area contributed by atoms with Crippen LogP contribution in [0.5, 0.6) is 0 Å². The molecule has 1 fully saturated rings. The van der Waals surface area contributed by atoms with E-state index in [1.165, 1.54) is 5.56 Å². The molecule has 1 aromatic carbocycles. The van der Waals surface area contributed by atoms with E-state index in [0.717, 1.165) is 24.0 Å². The van der Waals surface area contributed by atoms with E-state index in [0.29, 0.717) is 18.1 Å². The molecule has 8 heteroatoms. The van der Waals surface area contributed by atoms with Crippen LogP contribution >= 0.6 is 15.9 Å². The molecule has 2 aromatic heterocycles. The minimum atomic E-state index is -0.0743. The average molecular weight is 441 g/mol. The van der Waals surface area contributed by atoms with Gasteiger partial charge in [0.05, 0.1) is 10.7 Å². The summed E-state index contributed by atoms with van der Waals surface area (Å²) >= 11 is 3.36. The van der Waals surface area contributed by atoms with Crippen LogP contribution in [0.4, 0.5) is 0 Å². The van der Waals surface area contributed by atoms with Gasteiger partial charge in [0.25, 0.3) is 5.91 Å². The number of hydrogen-bond donors (Lipinski definition) is 0. The summed E-state index contributed by atoms with van der Waals surface area (Å²) in [6.07, 6.45) is 4.30. The van der Waals surface area contributed by atoms with Crippen molar-refractivity contribution in [2.45, 2.75) is 12.5 Å². The normalized spacial score (nSPS) is 17.6. The third-order valence-electron chi connectivity index (χ3n) is 4.92. The van der Waals surface area contributed by atoms with Crippen LogP contribution in [0, 0.1) is 0 Å². The number of nitrogens with zero attached hydrogens (tertiary/aromatic N) is 6. The lowest BCUT2D eigenvalue weighted by atomic mass is 10.0. The monoisotopic (exact) mass is 440 g/mol. The molecule has 1 aliphatic heterocycles. The Morgan fingerprint density at radius 1 is 1.14 bits per heavy atom. The van der Waals surface area contributed by atoms with E-state index >= 15 is 0 Å². The maximum Gasteiger partial charge on any atom is 0.274 e. The first-order valence-electron chi connectivity index (χ1n) is 9.18. The van der Waals surface area contributed by atoms with E-state index < -0.39 is 0 Å². The van der Waals surface area contributed by atoms with Gasteiger partial charge in [0, 0.05) is 31.9 Å². The maximum absolute atomic E-state index is 13.1. The summed E-state index contributed by atoms with van der Waals surface area (Å²) in [6, 6.07) is 13.9. The fraction of sp³-hybridized carbons (Fsp3) is 0.300. The van der Waals surface area contributed by atoms with E-state index in [-0.39, 0.29) is 11.9 Å². The smallest absolute Gasteiger partial charge is 0.274 e. The largest absolute Gasteiger partial charge is 0.331 e. The van der Waals surface area contributed by atoms with Crippen molar-refractivity contribution in [1.82, 2.24) is 29.8 Å². The van der Waals surface area contributed by atoms with E-state index in [9.17, 15) is 4.79 Å². The number of rotatable bonds is 4. The van der Waals surface area contributed by atoms with Crippen molar-refractivity contribution in [1.29, 1.82) is 0 Å². The summed E-state index contributed by atoms with van der Waals surface area (Å²) in [6.45, 7) is 2.37. The number of piperazine rings is 1. The molecule has 3 aromatic rings. The Morgan fingerprint density at radius 2 is 1.96 bits per heavy atom. The van der Waals surface area contributed by atoms with Crippen LogP contribution in [0.25, 0.3) is 5.82 Å². The molecular formula is C20H21BrN6O. The lowest BCUT2D eigenvalue weighted by Gasteiger charge is -2.40. The van der Waals surface area contributed by atoms with Crippen molar-refractivity contribution in [3.63, 3.8) is 0 Å². The van der Waals surface area contributed by atoms with Gasteiger partial charge in [-0.2, -0.15) is 5.10 Å². The number of aromatic nitrogens is 4. The molecule has 7 nitrogen and oxygen atoms in total. The molecule has 3 heterocycles. The molecule has 1 aliphatic rings. The van der Waals surface area contributed by atoms with Crippen LogP contribution in [-0.4, -0.2) is 68.4 Å². The number of carbonyl (C=O) groups excluding carboxylic acids is 1. The van der Waals surface area contributed by atoms with Crippen molar-refractivity contribution in [2.24, 2.45) is 0 Å². The van der Waals surface area contributed by atoms with Crippen LogP contribution < -0.4 is 0 Å². The molecule has 0 spiro atoms. The Morgan fingerprint density at radius 3 is 2.64 bits per heavy atom. The second-order valence-corrected chi connectivity index (χ2v) is 7.90. The van der Waals surface area contributed by atoms with Crippen LogP contribution in [0.15, 0.2) is 59.3 Å². The Kier molecular flexibility index (Phi) is 5.50. The van der Waals surface area contributed by atoms with Crippen LogP contribution in [0.3, 0.4) is 0 Å². The van der Waals surface area contributed by atoms with Crippen LogP contribution in [0.1, 0.15) is 16.1 Å². The highest BCUT2D eigenvalue weighted by Crippen LogP contribution is 2.17. The second kappa shape index (κ2) is 8.20. The summed E-state index contributed by atoms with van der Waals surface area (Å²) in [4.78, 5) is 17.3. The first kappa shape index (κ1) is 18.8. The van der Waals surface area contributed by atoms with Crippen LogP contribution in [0.2, 0.25) is 0 Å². The lowest BCUT2D eigenvalue weighted by Crippen LogP contribution is -2.55. The summed E-state index contributed by atoms with van der Waals surface area (Å²) in [5, 5.41) is 12.5. The van der Waals surface area contributed by atoms with Crippen molar-refractivity contribution < 1.29 is 4.79 Å². The molecule has 0 bridgehead atoms. The van der Waals surface area contributed by atoms with Gasteiger partial charge in [-0.05, 0) is 47.1 Å². The molecule has 1 saturated heterocycles. The first-order valence-corrected chi connectivity index (χ1v) is 9.97. The fourth-order valence-corrected chi connectivity index (χ4v) is 3.76. The lowest BCUT2D eigenvalue weighted by molar-refractivity contribution is 0.0494. The first-order chi connectivity index (χ1) is 13.6. The van der Waals surface area contributed by atoms with Gasteiger partial charge in [0.15, 0.2) is 11.5 Å². The predicted octanol–water partition coefficient (Wildman–Crippen LogP) is 2.42. The Hall–Kier alpha value is -2.58. The molecule has 144 valence electrons. The van der Waals surface area contributed by atoms with Crippen molar-refractivity contribution in [3.05, 3.63) is 70.6 Å². The molecule has 4 rings (SSSR count). The van der Waals surface area contributed by atoms with Crippen molar-refractivity contribution in [3.8, 4) is 5.82 Å². The predicted molar refractivity (Wildman–Crippen MR) is 109 cm³/mol. The molecule has 1 atom stereocenters. The fourth-order valence-electron chi connectivity index (χ4n) is 3.47. The number of amides is 1. The number of likely N-dealkylation sites (N-methyl/N-ethyl adjacent to an activating group) is 1. The molecule has 1 unspecified atom stereocenters. The molecule has 28 heavy (non-hydrogen) atoms. The zero-order chi connectivity index (χ0) is 19.5. The third-order valence-corrected chi connectivity index (χ3v) is 5.33. The van der Waals surface area contributed by atoms with Gasteiger partial charge in [0.2, 0.25) is 0 Å². The third kappa shape index (κ3) is 4.13. The molecule has 0 radical (unpaired) electrons. The summed E-state index contributed by atoms with van der Waals surface area (Å²) in [5.74, 6) is 0.496. The quantitative estimate of drug-likeness (QED) is 0.622. The SMILES string of the molecule is CN1CCN(C(=O)c2ccc(-n3cc(Br)cn3)nn2)C(Cc2ccccc2)C1. The van der Waals surface area contributed by atoms with Gasteiger partial charge in [0.1, 0.15) is 0 Å².